The molecule has 0 unspecified atom stereocenters. The SMILES string of the molecule is CCCOc1nc(NC)nc(NCc2csc(=O)[nH]2)n1. The van der Waals surface area contributed by atoms with Crippen molar-refractivity contribution in [2.75, 3.05) is 24.3 Å². The van der Waals surface area contributed by atoms with Crippen LogP contribution in [0, 0.1) is 0 Å². The molecular weight excluding hydrogens is 280 g/mol. The Balaban J connectivity index is 2.07. The third-order valence-electron chi connectivity index (χ3n) is 2.28. The lowest BCUT2D eigenvalue weighted by Gasteiger charge is -2.08. The summed E-state index contributed by atoms with van der Waals surface area (Å²) in [6.07, 6.45) is 0.874. The summed E-state index contributed by atoms with van der Waals surface area (Å²) in [6, 6.07) is 0.271. The molecule has 0 saturated carbocycles. The van der Waals surface area contributed by atoms with Crippen LogP contribution in [-0.2, 0) is 6.54 Å². The number of nitrogens with zero attached hydrogens (tertiary/aromatic N) is 3. The molecule has 0 fully saturated rings. The van der Waals surface area contributed by atoms with Crippen LogP contribution in [0.4, 0.5) is 11.9 Å². The fourth-order valence-corrected chi connectivity index (χ4v) is 1.96. The Bertz CT molecular complexity index is 611. The number of aromatic nitrogens is 4. The van der Waals surface area contributed by atoms with Gasteiger partial charge in [0.2, 0.25) is 11.9 Å². The van der Waals surface area contributed by atoms with Gasteiger partial charge >= 0.3 is 10.9 Å². The third kappa shape index (κ3) is 3.92. The van der Waals surface area contributed by atoms with Crippen LogP contribution in [0.2, 0.25) is 0 Å². The summed E-state index contributed by atoms with van der Waals surface area (Å²) >= 11 is 1.12. The smallest absolute Gasteiger partial charge is 0.323 e. The van der Waals surface area contributed by atoms with E-state index in [2.05, 4.69) is 30.6 Å². The Morgan fingerprint density at radius 3 is 2.80 bits per heavy atom. The monoisotopic (exact) mass is 296 g/mol. The zero-order valence-corrected chi connectivity index (χ0v) is 12.1. The maximum Gasteiger partial charge on any atom is 0.323 e. The fraction of sp³-hybridized carbons (Fsp3) is 0.455. The number of thiazole rings is 1. The van der Waals surface area contributed by atoms with Gasteiger partial charge in [-0.3, -0.25) is 4.79 Å². The molecule has 0 aromatic carbocycles. The summed E-state index contributed by atoms with van der Waals surface area (Å²) in [5.74, 6) is 0.815. The number of hydrogen-bond donors (Lipinski definition) is 3. The van der Waals surface area contributed by atoms with E-state index in [-0.39, 0.29) is 10.9 Å². The van der Waals surface area contributed by atoms with Crippen LogP contribution in [0.25, 0.3) is 0 Å². The highest BCUT2D eigenvalue weighted by Crippen LogP contribution is 2.11. The molecule has 0 aliphatic heterocycles. The van der Waals surface area contributed by atoms with Crippen LogP contribution in [-0.4, -0.2) is 33.6 Å². The molecule has 8 nitrogen and oxygen atoms in total. The topological polar surface area (TPSA) is 105 Å². The largest absolute Gasteiger partial charge is 0.463 e. The quantitative estimate of drug-likeness (QED) is 0.701. The summed E-state index contributed by atoms with van der Waals surface area (Å²) in [5.41, 5.74) is 0.780. The van der Waals surface area contributed by atoms with Gasteiger partial charge in [0.1, 0.15) is 0 Å². The number of nitrogens with one attached hydrogen (secondary N) is 3. The summed E-state index contributed by atoms with van der Waals surface area (Å²) in [5, 5.41) is 7.62. The molecule has 0 aliphatic carbocycles. The second-order valence-electron chi connectivity index (χ2n) is 3.89. The number of aromatic amines is 1. The van der Waals surface area contributed by atoms with Crippen molar-refractivity contribution in [3.05, 3.63) is 20.7 Å². The summed E-state index contributed by atoms with van der Waals surface area (Å²) in [6.45, 7) is 2.98. The lowest BCUT2D eigenvalue weighted by molar-refractivity contribution is 0.292. The second-order valence-corrected chi connectivity index (χ2v) is 4.73. The van der Waals surface area contributed by atoms with Crippen molar-refractivity contribution < 1.29 is 4.74 Å². The second kappa shape index (κ2) is 6.85. The number of anilines is 2. The predicted octanol–water partition coefficient (Wildman–Crippen LogP) is 1.06. The predicted molar refractivity (Wildman–Crippen MR) is 77.4 cm³/mol. The average molecular weight is 296 g/mol. The van der Waals surface area contributed by atoms with Crippen molar-refractivity contribution in [3.8, 4) is 6.01 Å². The zero-order valence-electron chi connectivity index (χ0n) is 11.3. The van der Waals surface area contributed by atoms with Crippen LogP contribution in [0.1, 0.15) is 19.0 Å². The molecule has 0 radical (unpaired) electrons. The number of H-pyrrole nitrogens is 1. The molecule has 108 valence electrons. The normalized spacial score (nSPS) is 10.3. The first-order valence-electron chi connectivity index (χ1n) is 6.18. The van der Waals surface area contributed by atoms with E-state index in [9.17, 15) is 4.79 Å². The number of ether oxygens (including phenoxy) is 1. The maximum absolute atomic E-state index is 11.0. The molecule has 2 aromatic rings. The van der Waals surface area contributed by atoms with E-state index < -0.39 is 0 Å². The Hall–Kier alpha value is -2.16. The Labute approximate surface area is 119 Å². The van der Waals surface area contributed by atoms with Crippen molar-refractivity contribution in [1.29, 1.82) is 0 Å². The summed E-state index contributed by atoms with van der Waals surface area (Å²) < 4.78 is 5.40. The van der Waals surface area contributed by atoms with Crippen molar-refractivity contribution >= 4 is 23.2 Å². The van der Waals surface area contributed by atoms with E-state index in [0.29, 0.717) is 25.0 Å². The van der Waals surface area contributed by atoms with Crippen LogP contribution < -0.4 is 20.2 Å². The van der Waals surface area contributed by atoms with Crippen molar-refractivity contribution in [1.82, 2.24) is 19.9 Å². The molecule has 0 aliphatic rings. The lowest BCUT2D eigenvalue weighted by atomic mass is 10.5. The summed E-state index contributed by atoms with van der Waals surface area (Å²) in [7, 11) is 1.72. The van der Waals surface area contributed by atoms with E-state index in [0.717, 1.165) is 23.5 Å². The highest BCUT2D eigenvalue weighted by atomic mass is 32.1. The van der Waals surface area contributed by atoms with E-state index in [1.807, 2.05) is 6.92 Å². The molecule has 0 atom stereocenters. The first-order valence-corrected chi connectivity index (χ1v) is 7.06. The molecule has 0 spiro atoms. The Kier molecular flexibility index (Phi) is 4.88. The van der Waals surface area contributed by atoms with Crippen LogP contribution >= 0.6 is 11.3 Å². The highest BCUT2D eigenvalue weighted by molar-refractivity contribution is 7.07. The molecule has 2 aromatic heterocycles. The van der Waals surface area contributed by atoms with Crippen molar-refractivity contribution in [2.24, 2.45) is 0 Å². The van der Waals surface area contributed by atoms with Gasteiger partial charge in [0.05, 0.1) is 13.2 Å². The molecule has 20 heavy (non-hydrogen) atoms. The zero-order chi connectivity index (χ0) is 14.4. The number of hydrogen-bond acceptors (Lipinski definition) is 8. The highest BCUT2D eigenvalue weighted by Gasteiger charge is 2.07. The molecule has 3 N–H and O–H groups in total. The fourth-order valence-electron chi connectivity index (χ4n) is 1.38. The minimum atomic E-state index is -0.0830. The average Bonchev–Trinajstić information content (AvgIpc) is 2.88. The van der Waals surface area contributed by atoms with Crippen LogP contribution in [0.3, 0.4) is 0 Å². The molecule has 9 heteroatoms. The van der Waals surface area contributed by atoms with Gasteiger partial charge in [-0.1, -0.05) is 18.3 Å². The molecular formula is C11H16N6O2S. The van der Waals surface area contributed by atoms with Crippen molar-refractivity contribution in [3.63, 3.8) is 0 Å². The van der Waals surface area contributed by atoms with Gasteiger partial charge in [-0.25, -0.2) is 0 Å². The minimum absolute atomic E-state index is 0.0830. The van der Waals surface area contributed by atoms with Crippen molar-refractivity contribution in [2.45, 2.75) is 19.9 Å². The van der Waals surface area contributed by atoms with E-state index in [1.54, 1.807) is 12.4 Å². The summed E-state index contributed by atoms with van der Waals surface area (Å²) in [4.78, 5) is 26.1. The molecule has 2 heterocycles. The molecule has 0 bridgehead atoms. The Morgan fingerprint density at radius 2 is 2.15 bits per heavy atom. The number of rotatable bonds is 7. The van der Waals surface area contributed by atoms with E-state index in [1.165, 1.54) is 0 Å². The van der Waals surface area contributed by atoms with Gasteiger partial charge in [-0.05, 0) is 6.42 Å². The van der Waals surface area contributed by atoms with Gasteiger partial charge in [0.15, 0.2) is 0 Å². The maximum atomic E-state index is 11.0. The molecule has 0 saturated heterocycles. The van der Waals surface area contributed by atoms with E-state index >= 15 is 0 Å². The Morgan fingerprint density at radius 1 is 1.35 bits per heavy atom. The van der Waals surface area contributed by atoms with Gasteiger partial charge in [0, 0.05) is 18.1 Å². The molecule has 0 amide bonds. The van der Waals surface area contributed by atoms with Gasteiger partial charge in [-0.2, -0.15) is 15.0 Å². The van der Waals surface area contributed by atoms with Gasteiger partial charge < -0.3 is 20.4 Å². The lowest BCUT2D eigenvalue weighted by Crippen LogP contribution is -2.10. The van der Waals surface area contributed by atoms with Gasteiger partial charge in [-0.15, -0.1) is 0 Å². The standard InChI is InChI=1S/C11H16N6O2S/c1-3-4-19-10-16-8(12-2)15-9(17-10)13-5-7-6-20-11(18)14-7/h6H,3-5H2,1-2H3,(H,14,18)(H2,12,13,15,16,17). The van der Waals surface area contributed by atoms with Gasteiger partial charge in [0.25, 0.3) is 0 Å². The minimum Gasteiger partial charge on any atom is -0.463 e. The first kappa shape index (κ1) is 14.3. The van der Waals surface area contributed by atoms with Crippen LogP contribution in [0.5, 0.6) is 6.01 Å². The molecule has 2 rings (SSSR count). The van der Waals surface area contributed by atoms with E-state index in [4.69, 9.17) is 4.74 Å². The third-order valence-corrected chi connectivity index (χ3v) is 3.00. The first-order chi connectivity index (χ1) is 9.71. The van der Waals surface area contributed by atoms with Crippen LogP contribution in [0.15, 0.2) is 10.2 Å².